The highest BCUT2D eigenvalue weighted by Crippen LogP contribution is 2.24. The fraction of sp³-hybridized carbons (Fsp3) is 0.0714. The fourth-order valence-corrected chi connectivity index (χ4v) is 2.11. The molecule has 0 saturated carbocycles. The molecule has 2 aromatic carbocycles. The van der Waals surface area contributed by atoms with E-state index < -0.39 is 5.82 Å². The lowest BCUT2D eigenvalue weighted by atomic mass is 10.0. The molecule has 19 heavy (non-hydrogen) atoms. The third kappa shape index (κ3) is 3.47. The summed E-state index contributed by atoms with van der Waals surface area (Å²) in [4.78, 5) is 12.0. The summed E-state index contributed by atoms with van der Waals surface area (Å²) in [6, 6.07) is 8.87. The van der Waals surface area contributed by atoms with Crippen molar-refractivity contribution in [3.63, 3.8) is 0 Å². The molecule has 2 rings (SSSR count). The first-order chi connectivity index (χ1) is 8.97. The lowest BCUT2D eigenvalue weighted by molar-refractivity contribution is 0.0993. The number of Topliss-reactive ketones (excluding diaryl/α,β-unsaturated/α-hetero) is 1. The molecule has 0 N–H and O–H groups in total. The Balaban J connectivity index is 2.20. The van der Waals surface area contributed by atoms with E-state index in [1.54, 1.807) is 18.2 Å². The molecule has 0 saturated heterocycles. The molecule has 0 spiro atoms. The fourth-order valence-electron chi connectivity index (χ4n) is 1.61. The third-order valence-electron chi connectivity index (χ3n) is 2.59. The van der Waals surface area contributed by atoms with Gasteiger partial charge in [-0.15, -0.1) is 0 Å². The van der Waals surface area contributed by atoms with Gasteiger partial charge in [-0.25, -0.2) is 4.39 Å². The molecule has 5 heteroatoms. The van der Waals surface area contributed by atoms with Crippen LogP contribution in [0.5, 0.6) is 0 Å². The van der Waals surface area contributed by atoms with Crippen LogP contribution in [0.3, 0.4) is 0 Å². The van der Waals surface area contributed by atoms with Gasteiger partial charge in [0, 0.05) is 12.0 Å². The van der Waals surface area contributed by atoms with Crippen molar-refractivity contribution in [3.05, 3.63) is 68.4 Å². The molecule has 0 aliphatic carbocycles. The molecule has 1 nitrogen and oxygen atoms in total. The zero-order chi connectivity index (χ0) is 14.0. The topological polar surface area (TPSA) is 17.1 Å². The molecular formula is C14H8Cl3FO. The normalized spacial score (nSPS) is 10.5. The quantitative estimate of drug-likeness (QED) is 0.710. The van der Waals surface area contributed by atoms with Gasteiger partial charge in [0.15, 0.2) is 5.78 Å². The molecule has 0 atom stereocenters. The summed E-state index contributed by atoms with van der Waals surface area (Å²) in [7, 11) is 0. The third-order valence-corrected chi connectivity index (χ3v) is 3.62. The average Bonchev–Trinajstić information content (AvgIpc) is 2.37. The van der Waals surface area contributed by atoms with Gasteiger partial charge in [0.05, 0.1) is 15.1 Å². The van der Waals surface area contributed by atoms with Gasteiger partial charge in [0.25, 0.3) is 0 Å². The molecule has 0 heterocycles. The molecular weight excluding hydrogens is 310 g/mol. The maximum Gasteiger partial charge on any atom is 0.167 e. The summed E-state index contributed by atoms with van der Waals surface area (Å²) in [5.41, 5.74) is 1.09. The highest BCUT2D eigenvalue weighted by atomic mass is 35.5. The van der Waals surface area contributed by atoms with E-state index in [0.717, 1.165) is 5.56 Å². The van der Waals surface area contributed by atoms with Gasteiger partial charge in [0.1, 0.15) is 5.82 Å². The molecule has 0 aliphatic heterocycles. The van der Waals surface area contributed by atoms with Gasteiger partial charge in [-0.05, 0) is 35.9 Å². The Morgan fingerprint density at radius 3 is 2.32 bits per heavy atom. The van der Waals surface area contributed by atoms with Crippen LogP contribution in [0.2, 0.25) is 15.1 Å². The molecule has 98 valence electrons. The van der Waals surface area contributed by atoms with Crippen molar-refractivity contribution in [2.45, 2.75) is 6.42 Å². The SMILES string of the molecule is O=C(Cc1ccc(Cl)c(Cl)c1)c1ccc(F)c(Cl)c1. The second-order valence-electron chi connectivity index (χ2n) is 3.98. The summed E-state index contributed by atoms with van der Waals surface area (Å²) < 4.78 is 13.0. The Labute approximate surface area is 124 Å². The van der Waals surface area contributed by atoms with E-state index in [2.05, 4.69) is 0 Å². The predicted octanol–water partition coefficient (Wildman–Crippen LogP) is 5.21. The van der Waals surface area contributed by atoms with Crippen LogP contribution in [0.15, 0.2) is 36.4 Å². The van der Waals surface area contributed by atoms with Crippen LogP contribution in [0.25, 0.3) is 0 Å². The van der Waals surface area contributed by atoms with Crippen LogP contribution >= 0.6 is 34.8 Å². The maximum absolute atomic E-state index is 13.0. The van der Waals surface area contributed by atoms with Crippen LogP contribution in [-0.4, -0.2) is 5.78 Å². The summed E-state index contributed by atoms with van der Waals surface area (Å²) in [6.45, 7) is 0. The van der Waals surface area contributed by atoms with E-state index in [9.17, 15) is 9.18 Å². The number of hydrogen-bond acceptors (Lipinski definition) is 1. The number of carbonyl (C=O) groups is 1. The number of benzene rings is 2. The van der Waals surface area contributed by atoms with E-state index in [0.29, 0.717) is 15.6 Å². The van der Waals surface area contributed by atoms with Crippen LogP contribution in [0.4, 0.5) is 4.39 Å². The van der Waals surface area contributed by atoms with Crippen molar-refractivity contribution in [1.29, 1.82) is 0 Å². The van der Waals surface area contributed by atoms with Gasteiger partial charge in [0.2, 0.25) is 0 Å². The predicted molar refractivity (Wildman–Crippen MR) is 75.9 cm³/mol. The second kappa shape index (κ2) is 5.91. The molecule has 0 amide bonds. The number of halogens is 4. The number of rotatable bonds is 3. The Kier molecular flexibility index (Phi) is 4.46. The Morgan fingerprint density at radius 2 is 1.68 bits per heavy atom. The van der Waals surface area contributed by atoms with E-state index >= 15 is 0 Å². The van der Waals surface area contributed by atoms with Gasteiger partial charge in [-0.1, -0.05) is 40.9 Å². The highest BCUT2D eigenvalue weighted by Gasteiger charge is 2.10. The number of hydrogen-bond donors (Lipinski definition) is 0. The lowest BCUT2D eigenvalue weighted by Crippen LogP contribution is -2.03. The van der Waals surface area contributed by atoms with Crippen LogP contribution in [0, 0.1) is 5.82 Å². The average molecular weight is 318 g/mol. The van der Waals surface area contributed by atoms with Gasteiger partial charge < -0.3 is 0 Å². The van der Waals surface area contributed by atoms with E-state index in [-0.39, 0.29) is 17.2 Å². The van der Waals surface area contributed by atoms with Gasteiger partial charge in [-0.2, -0.15) is 0 Å². The molecule has 0 radical (unpaired) electrons. The number of carbonyl (C=O) groups excluding carboxylic acids is 1. The highest BCUT2D eigenvalue weighted by molar-refractivity contribution is 6.42. The monoisotopic (exact) mass is 316 g/mol. The molecule has 0 bridgehead atoms. The Hall–Kier alpha value is -1.09. The zero-order valence-electron chi connectivity index (χ0n) is 9.59. The molecule has 0 unspecified atom stereocenters. The lowest BCUT2D eigenvalue weighted by Gasteiger charge is -2.04. The largest absolute Gasteiger partial charge is 0.294 e. The smallest absolute Gasteiger partial charge is 0.167 e. The van der Waals surface area contributed by atoms with Crippen molar-refractivity contribution >= 4 is 40.6 Å². The molecule has 2 aromatic rings. The Morgan fingerprint density at radius 1 is 0.947 bits per heavy atom. The standard InChI is InChI=1S/C14H8Cl3FO/c15-10-3-1-8(5-11(10)16)6-14(19)9-2-4-13(18)12(17)7-9/h1-5,7H,6H2. The minimum absolute atomic E-state index is 0.0695. The summed E-state index contributed by atoms with van der Waals surface area (Å²) >= 11 is 17.3. The van der Waals surface area contributed by atoms with Gasteiger partial charge in [-0.3, -0.25) is 4.79 Å². The first-order valence-electron chi connectivity index (χ1n) is 5.39. The van der Waals surface area contributed by atoms with Crippen molar-refractivity contribution in [1.82, 2.24) is 0 Å². The van der Waals surface area contributed by atoms with Crippen LogP contribution in [0.1, 0.15) is 15.9 Å². The van der Waals surface area contributed by atoms with Crippen molar-refractivity contribution in [2.75, 3.05) is 0 Å². The Bertz CT molecular complexity index is 641. The van der Waals surface area contributed by atoms with Crippen molar-refractivity contribution < 1.29 is 9.18 Å². The maximum atomic E-state index is 13.0. The van der Waals surface area contributed by atoms with Crippen molar-refractivity contribution in [2.24, 2.45) is 0 Å². The summed E-state index contributed by atoms with van der Waals surface area (Å²) in [5, 5.41) is 0.756. The van der Waals surface area contributed by atoms with Crippen LogP contribution < -0.4 is 0 Å². The second-order valence-corrected chi connectivity index (χ2v) is 5.20. The zero-order valence-corrected chi connectivity index (χ0v) is 11.9. The number of ketones is 1. The van der Waals surface area contributed by atoms with Crippen LogP contribution in [-0.2, 0) is 6.42 Å². The first kappa shape index (κ1) is 14.3. The first-order valence-corrected chi connectivity index (χ1v) is 6.53. The summed E-state index contributed by atoms with van der Waals surface area (Å²) in [5.74, 6) is -0.715. The molecule has 0 aromatic heterocycles. The minimum atomic E-state index is -0.548. The minimum Gasteiger partial charge on any atom is -0.294 e. The molecule has 0 aliphatic rings. The summed E-state index contributed by atoms with van der Waals surface area (Å²) in [6.07, 6.45) is 0.152. The van der Waals surface area contributed by atoms with E-state index in [1.807, 2.05) is 0 Å². The van der Waals surface area contributed by atoms with Crippen molar-refractivity contribution in [3.8, 4) is 0 Å². The van der Waals surface area contributed by atoms with E-state index in [1.165, 1.54) is 18.2 Å². The van der Waals surface area contributed by atoms with E-state index in [4.69, 9.17) is 34.8 Å². The van der Waals surface area contributed by atoms with Gasteiger partial charge >= 0.3 is 0 Å². The molecule has 0 fully saturated rings.